The van der Waals surface area contributed by atoms with Gasteiger partial charge in [0.15, 0.2) is 0 Å². The van der Waals surface area contributed by atoms with Gasteiger partial charge in [-0.05, 0) is 43.9 Å². The summed E-state index contributed by atoms with van der Waals surface area (Å²) in [6, 6.07) is 6.71. The molecule has 3 rings (SSSR count). The third-order valence-electron chi connectivity index (χ3n) is 4.43. The van der Waals surface area contributed by atoms with Crippen LogP contribution in [0.15, 0.2) is 18.2 Å². The van der Waals surface area contributed by atoms with E-state index in [0.29, 0.717) is 0 Å². The van der Waals surface area contributed by atoms with Crippen LogP contribution in [-0.2, 0) is 13.0 Å². The van der Waals surface area contributed by atoms with Gasteiger partial charge in [0, 0.05) is 19.0 Å². The molecule has 2 N–H and O–H groups in total. The number of aliphatic hydroxyl groups excluding tert-OH is 1. The lowest BCUT2D eigenvalue weighted by atomic mass is 9.92. The van der Waals surface area contributed by atoms with Crippen LogP contribution in [-0.4, -0.2) is 22.9 Å². The van der Waals surface area contributed by atoms with E-state index in [-0.39, 0.29) is 17.7 Å². The molecule has 0 bridgehead atoms. The maximum Gasteiger partial charge on any atom is 0.123 e. The molecule has 0 saturated heterocycles. The molecule has 1 aliphatic heterocycles. The number of aliphatic hydroxyl groups is 1. The Balaban J connectivity index is 1.62. The highest BCUT2D eigenvalue weighted by Crippen LogP contribution is 2.35. The van der Waals surface area contributed by atoms with E-state index in [4.69, 9.17) is 4.74 Å². The molecule has 1 fully saturated rings. The number of nitrogens with one attached hydrogen (secondary N) is 1. The van der Waals surface area contributed by atoms with Gasteiger partial charge in [0.25, 0.3) is 0 Å². The summed E-state index contributed by atoms with van der Waals surface area (Å²) >= 11 is 0. The molecule has 0 spiro atoms. The Morgan fingerprint density at radius 3 is 2.90 bits per heavy atom. The Morgan fingerprint density at radius 1 is 1.30 bits per heavy atom. The molecule has 1 saturated carbocycles. The molecule has 0 amide bonds. The Hall–Kier alpha value is -1.06. The second-order valence-electron chi connectivity index (χ2n) is 6.82. The fraction of sp³-hybridized carbons (Fsp3) is 0.647. The molecule has 1 heterocycles. The molecule has 3 heteroatoms. The first-order valence-corrected chi connectivity index (χ1v) is 7.76. The Kier molecular flexibility index (Phi) is 3.74. The van der Waals surface area contributed by atoms with E-state index in [1.807, 2.05) is 0 Å². The average molecular weight is 275 g/mol. The predicted molar refractivity (Wildman–Crippen MR) is 80.0 cm³/mol. The predicted octanol–water partition coefficient (Wildman–Crippen LogP) is 2.79. The summed E-state index contributed by atoms with van der Waals surface area (Å²) in [4.78, 5) is 0. The van der Waals surface area contributed by atoms with Crippen molar-refractivity contribution in [3.05, 3.63) is 29.3 Å². The fourth-order valence-corrected chi connectivity index (χ4v) is 3.37. The topological polar surface area (TPSA) is 41.5 Å². The lowest BCUT2D eigenvalue weighted by Crippen LogP contribution is -2.41. The van der Waals surface area contributed by atoms with Crippen molar-refractivity contribution in [3.8, 4) is 5.75 Å². The molecule has 2 atom stereocenters. The van der Waals surface area contributed by atoms with Crippen LogP contribution in [0.2, 0.25) is 0 Å². The highest BCUT2D eigenvalue weighted by atomic mass is 16.5. The molecule has 20 heavy (non-hydrogen) atoms. The van der Waals surface area contributed by atoms with Crippen LogP contribution in [0.5, 0.6) is 5.75 Å². The molecule has 2 unspecified atom stereocenters. The van der Waals surface area contributed by atoms with Crippen LogP contribution >= 0.6 is 0 Å². The zero-order valence-electron chi connectivity index (χ0n) is 12.5. The van der Waals surface area contributed by atoms with Crippen molar-refractivity contribution in [2.24, 2.45) is 0 Å². The third-order valence-corrected chi connectivity index (χ3v) is 4.43. The molecular weight excluding hydrogens is 250 g/mol. The number of rotatable bonds is 3. The molecule has 1 aromatic carbocycles. The summed E-state index contributed by atoms with van der Waals surface area (Å²) in [5.74, 6) is 1.02. The number of hydrogen-bond acceptors (Lipinski definition) is 3. The number of fused-ring (bicyclic) bond motifs is 1. The number of ether oxygens (including phenoxy) is 1. The van der Waals surface area contributed by atoms with Gasteiger partial charge in [0.1, 0.15) is 11.4 Å². The lowest BCUT2D eigenvalue weighted by Gasteiger charge is -2.28. The molecule has 0 aromatic heterocycles. The van der Waals surface area contributed by atoms with Crippen LogP contribution < -0.4 is 10.1 Å². The fourth-order valence-electron chi connectivity index (χ4n) is 3.37. The summed E-state index contributed by atoms with van der Waals surface area (Å²) < 4.78 is 5.90. The Bertz CT molecular complexity index is 484. The van der Waals surface area contributed by atoms with E-state index in [1.165, 1.54) is 17.5 Å². The highest BCUT2D eigenvalue weighted by Gasteiger charge is 2.30. The summed E-state index contributed by atoms with van der Waals surface area (Å²) in [5.41, 5.74) is 2.51. The molecule has 1 aromatic rings. The van der Waals surface area contributed by atoms with Crippen molar-refractivity contribution in [2.75, 3.05) is 0 Å². The van der Waals surface area contributed by atoms with Crippen LogP contribution in [0.25, 0.3) is 0 Å². The SMILES string of the molecule is CC1(C)Cc2cc(CNC3CCCCC3O)ccc2O1. The lowest BCUT2D eigenvalue weighted by molar-refractivity contribution is 0.0902. The number of benzene rings is 1. The van der Waals surface area contributed by atoms with Gasteiger partial charge in [-0.1, -0.05) is 25.0 Å². The third kappa shape index (κ3) is 2.99. The molecule has 110 valence electrons. The van der Waals surface area contributed by atoms with Gasteiger partial charge in [-0.15, -0.1) is 0 Å². The minimum atomic E-state index is -0.180. The summed E-state index contributed by atoms with van der Waals surface area (Å²) in [7, 11) is 0. The van der Waals surface area contributed by atoms with Gasteiger partial charge in [0.05, 0.1) is 6.10 Å². The van der Waals surface area contributed by atoms with E-state index in [9.17, 15) is 5.11 Å². The zero-order chi connectivity index (χ0) is 14.2. The standard InChI is InChI=1S/C17H25NO2/c1-17(2)10-13-9-12(7-8-16(13)20-17)11-18-14-5-3-4-6-15(14)19/h7-9,14-15,18-19H,3-6,10-11H2,1-2H3. The quantitative estimate of drug-likeness (QED) is 0.891. The second kappa shape index (κ2) is 5.38. The normalized spacial score (nSPS) is 27.9. The second-order valence-corrected chi connectivity index (χ2v) is 6.82. The van der Waals surface area contributed by atoms with E-state index in [1.54, 1.807) is 0 Å². The summed E-state index contributed by atoms with van der Waals surface area (Å²) in [6.45, 7) is 5.09. The van der Waals surface area contributed by atoms with Crippen molar-refractivity contribution < 1.29 is 9.84 Å². The van der Waals surface area contributed by atoms with Gasteiger partial charge in [0.2, 0.25) is 0 Å². The molecular formula is C17H25NO2. The van der Waals surface area contributed by atoms with Gasteiger partial charge >= 0.3 is 0 Å². The van der Waals surface area contributed by atoms with Gasteiger partial charge < -0.3 is 15.2 Å². The van der Waals surface area contributed by atoms with E-state index in [0.717, 1.165) is 38.0 Å². The first-order valence-electron chi connectivity index (χ1n) is 7.76. The van der Waals surface area contributed by atoms with Crippen molar-refractivity contribution in [2.45, 2.75) is 70.2 Å². The monoisotopic (exact) mass is 275 g/mol. The molecule has 0 radical (unpaired) electrons. The smallest absolute Gasteiger partial charge is 0.123 e. The molecule has 1 aliphatic carbocycles. The minimum Gasteiger partial charge on any atom is -0.487 e. The Labute approximate surface area is 121 Å². The van der Waals surface area contributed by atoms with E-state index >= 15 is 0 Å². The van der Waals surface area contributed by atoms with E-state index in [2.05, 4.69) is 37.4 Å². The van der Waals surface area contributed by atoms with Crippen molar-refractivity contribution in [1.82, 2.24) is 5.32 Å². The highest BCUT2D eigenvalue weighted by molar-refractivity contribution is 5.41. The average Bonchev–Trinajstić information content (AvgIpc) is 2.71. The van der Waals surface area contributed by atoms with Gasteiger partial charge in [-0.25, -0.2) is 0 Å². The van der Waals surface area contributed by atoms with E-state index < -0.39 is 0 Å². The van der Waals surface area contributed by atoms with Crippen LogP contribution in [0.3, 0.4) is 0 Å². The van der Waals surface area contributed by atoms with Gasteiger partial charge in [-0.3, -0.25) is 0 Å². The number of hydrogen-bond donors (Lipinski definition) is 2. The Morgan fingerprint density at radius 2 is 2.10 bits per heavy atom. The van der Waals surface area contributed by atoms with Crippen molar-refractivity contribution in [1.29, 1.82) is 0 Å². The first kappa shape index (κ1) is 13.9. The molecule has 2 aliphatic rings. The maximum atomic E-state index is 9.99. The maximum absolute atomic E-state index is 9.99. The van der Waals surface area contributed by atoms with Crippen molar-refractivity contribution >= 4 is 0 Å². The summed E-state index contributed by atoms with van der Waals surface area (Å²) in [6.07, 6.45) is 5.19. The van der Waals surface area contributed by atoms with Crippen LogP contribution in [0, 0.1) is 0 Å². The first-order chi connectivity index (χ1) is 9.53. The zero-order valence-corrected chi connectivity index (χ0v) is 12.5. The summed E-state index contributed by atoms with van der Waals surface area (Å²) in [5, 5.41) is 13.5. The van der Waals surface area contributed by atoms with Gasteiger partial charge in [-0.2, -0.15) is 0 Å². The molecule has 3 nitrogen and oxygen atoms in total. The van der Waals surface area contributed by atoms with Crippen LogP contribution in [0.4, 0.5) is 0 Å². The minimum absolute atomic E-state index is 0.0754. The largest absolute Gasteiger partial charge is 0.487 e. The van der Waals surface area contributed by atoms with Crippen LogP contribution in [0.1, 0.15) is 50.7 Å². The van der Waals surface area contributed by atoms with Crippen molar-refractivity contribution in [3.63, 3.8) is 0 Å².